The number of nitrogens with one attached hydrogen (secondary N) is 1. The van der Waals surface area contributed by atoms with Crippen molar-refractivity contribution < 1.29 is 9.72 Å². The lowest BCUT2D eigenvalue weighted by Gasteiger charge is -2.08. The molecule has 0 saturated carbocycles. The lowest BCUT2D eigenvalue weighted by molar-refractivity contribution is -0.384. The van der Waals surface area contributed by atoms with Crippen molar-refractivity contribution in [2.45, 2.75) is 13.8 Å². The Morgan fingerprint density at radius 3 is 2.65 bits per heavy atom. The molecule has 0 atom stereocenters. The van der Waals surface area contributed by atoms with Crippen molar-refractivity contribution in [3.63, 3.8) is 0 Å². The molecule has 0 aliphatic carbocycles. The molecule has 1 N–H and O–H groups in total. The van der Waals surface area contributed by atoms with Crippen LogP contribution in [-0.2, 0) is 0 Å². The van der Waals surface area contributed by atoms with E-state index in [2.05, 4.69) is 10.3 Å². The van der Waals surface area contributed by atoms with Gasteiger partial charge in [0.05, 0.1) is 10.6 Å². The zero-order chi connectivity index (χ0) is 14.7. The molecule has 0 aliphatic heterocycles. The Bertz CT molecular complexity index is 683. The molecule has 1 heterocycles. The number of carbonyl (C=O) groups is 1. The molecular weight excluding hydrogens is 258 g/mol. The van der Waals surface area contributed by atoms with E-state index in [-0.39, 0.29) is 11.4 Å². The van der Waals surface area contributed by atoms with Gasteiger partial charge in [0, 0.05) is 17.8 Å². The van der Waals surface area contributed by atoms with Crippen LogP contribution in [0.25, 0.3) is 0 Å². The first-order chi connectivity index (χ1) is 9.47. The van der Waals surface area contributed by atoms with Crippen LogP contribution >= 0.6 is 0 Å². The van der Waals surface area contributed by atoms with Gasteiger partial charge < -0.3 is 5.32 Å². The monoisotopic (exact) mass is 271 g/mol. The number of amides is 1. The van der Waals surface area contributed by atoms with Crippen LogP contribution in [0.4, 0.5) is 11.4 Å². The number of nitro benzene ring substituents is 1. The van der Waals surface area contributed by atoms with Crippen LogP contribution in [0.2, 0.25) is 0 Å². The molecular formula is C14H13N3O3. The summed E-state index contributed by atoms with van der Waals surface area (Å²) in [5.41, 5.74) is 2.09. The Kier molecular flexibility index (Phi) is 3.74. The van der Waals surface area contributed by atoms with Crippen LogP contribution in [0.1, 0.15) is 21.7 Å². The van der Waals surface area contributed by atoms with E-state index in [1.54, 1.807) is 38.1 Å². The minimum Gasteiger partial charge on any atom is -0.320 e. The number of aryl methyl sites for hydroxylation is 2. The van der Waals surface area contributed by atoms with Gasteiger partial charge in [-0.25, -0.2) is 4.98 Å². The van der Waals surface area contributed by atoms with Crippen LogP contribution in [-0.4, -0.2) is 15.8 Å². The maximum Gasteiger partial charge on any atom is 0.274 e. The lowest BCUT2D eigenvalue weighted by Crippen LogP contribution is -2.14. The van der Waals surface area contributed by atoms with Gasteiger partial charge in [0.25, 0.3) is 11.6 Å². The highest BCUT2D eigenvalue weighted by molar-refractivity contribution is 6.03. The fourth-order valence-corrected chi connectivity index (χ4v) is 1.71. The summed E-state index contributed by atoms with van der Waals surface area (Å²) >= 11 is 0. The second-order valence-electron chi connectivity index (χ2n) is 4.37. The number of nitrogens with zero attached hydrogens (tertiary/aromatic N) is 2. The van der Waals surface area contributed by atoms with Gasteiger partial charge in [-0.05, 0) is 31.5 Å². The summed E-state index contributed by atoms with van der Waals surface area (Å²) in [5.74, 6) is -0.391. The molecule has 1 aromatic carbocycles. The number of hydrogen-bond acceptors (Lipinski definition) is 4. The lowest BCUT2D eigenvalue weighted by atomic mass is 10.1. The molecule has 0 fully saturated rings. The molecule has 0 spiro atoms. The normalized spacial score (nSPS) is 10.1. The van der Waals surface area contributed by atoms with Crippen LogP contribution in [0.15, 0.2) is 36.4 Å². The fraction of sp³-hybridized carbons (Fsp3) is 0.143. The fourth-order valence-electron chi connectivity index (χ4n) is 1.71. The van der Waals surface area contributed by atoms with Gasteiger partial charge in [0.1, 0.15) is 5.69 Å². The number of carbonyl (C=O) groups excluding carboxylic acids is 1. The Labute approximate surface area is 115 Å². The predicted molar refractivity (Wildman–Crippen MR) is 74.8 cm³/mol. The highest BCUT2D eigenvalue weighted by atomic mass is 16.6. The highest BCUT2D eigenvalue weighted by Crippen LogP contribution is 2.22. The SMILES string of the molecule is Cc1cccc(C(=O)Nc2cc([N+](=O)[O-])ccc2C)n1. The minimum absolute atomic E-state index is 0.0666. The van der Waals surface area contributed by atoms with E-state index < -0.39 is 10.8 Å². The molecule has 1 aromatic heterocycles. The van der Waals surface area contributed by atoms with E-state index in [9.17, 15) is 14.9 Å². The van der Waals surface area contributed by atoms with E-state index in [0.29, 0.717) is 5.69 Å². The van der Waals surface area contributed by atoms with Crippen LogP contribution < -0.4 is 5.32 Å². The molecule has 2 rings (SSSR count). The van der Waals surface area contributed by atoms with Crippen molar-refractivity contribution in [2.24, 2.45) is 0 Å². The van der Waals surface area contributed by atoms with E-state index >= 15 is 0 Å². The average Bonchev–Trinajstić information content (AvgIpc) is 2.41. The van der Waals surface area contributed by atoms with Gasteiger partial charge in [-0.15, -0.1) is 0 Å². The second-order valence-corrected chi connectivity index (χ2v) is 4.37. The minimum atomic E-state index is -0.500. The van der Waals surface area contributed by atoms with Crippen molar-refractivity contribution in [1.82, 2.24) is 4.98 Å². The first-order valence-corrected chi connectivity index (χ1v) is 5.97. The topological polar surface area (TPSA) is 85.1 Å². The number of benzene rings is 1. The number of pyridine rings is 1. The van der Waals surface area contributed by atoms with Gasteiger partial charge in [-0.3, -0.25) is 14.9 Å². The summed E-state index contributed by atoms with van der Waals surface area (Å²) in [6, 6.07) is 9.44. The highest BCUT2D eigenvalue weighted by Gasteiger charge is 2.13. The van der Waals surface area contributed by atoms with Crippen molar-refractivity contribution in [2.75, 3.05) is 5.32 Å². The smallest absolute Gasteiger partial charge is 0.274 e. The summed E-state index contributed by atoms with van der Waals surface area (Å²) in [6.07, 6.45) is 0. The third-order valence-electron chi connectivity index (χ3n) is 2.80. The molecule has 0 saturated heterocycles. The first-order valence-electron chi connectivity index (χ1n) is 5.97. The Morgan fingerprint density at radius 2 is 2.00 bits per heavy atom. The molecule has 0 bridgehead atoms. The Morgan fingerprint density at radius 1 is 1.25 bits per heavy atom. The molecule has 0 unspecified atom stereocenters. The number of nitro groups is 1. The van der Waals surface area contributed by atoms with Gasteiger partial charge >= 0.3 is 0 Å². The molecule has 1 amide bonds. The van der Waals surface area contributed by atoms with Gasteiger partial charge in [-0.1, -0.05) is 12.1 Å². The van der Waals surface area contributed by atoms with Crippen LogP contribution in [0.5, 0.6) is 0 Å². The molecule has 20 heavy (non-hydrogen) atoms. The van der Waals surface area contributed by atoms with E-state index in [1.165, 1.54) is 12.1 Å². The van der Waals surface area contributed by atoms with Gasteiger partial charge in [0.15, 0.2) is 0 Å². The second kappa shape index (κ2) is 5.48. The van der Waals surface area contributed by atoms with Crippen LogP contribution in [0, 0.1) is 24.0 Å². The standard InChI is InChI=1S/C14H13N3O3/c1-9-6-7-11(17(19)20)8-13(9)16-14(18)12-5-3-4-10(2)15-12/h3-8H,1-2H3,(H,16,18). The average molecular weight is 271 g/mol. The van der Waals surface area contributed by atoms with Crippen molar-refractivity contribution in [3.05, 3.63) is 63.5 Å². The molecule has 6 nitrogen and oxygen atoms in total. The maximum atomic E-state index is 12.1. The summed E-state index contributed by atoms with van der Waals surface area (Å²) in [5, 5.41) is 13.4. The van der Waals surface area contributed by atoms with E-state index in [0.717, 1.165) is 11.3 Å². The first kappa shape index (κ1) is 13.7. The molecule has 0 aliphatic rings. The zero-order valence-corrected chi connectivity index (χ0v) is 11.1. The quantitative estimate of drug-likeness (QED) is 0.687. The largest absolute Gasteiger partial charge is 0.320 e. The van der Waals surface area contributed by atoms with Gasteiger partial charge in [-0.2, -0.15) is 0 Å². The van der Waals surface area contributed by atoms with Crippen molar-refractivity contribution in [3.8, 4) is 0 Å². The Balaban J connectivity index is 2.27. The summed E-state index contributed by atoms with van der Waals surface area (Å²) in [6.45, 7) is 3.55. The van der Waals surface area contributed by atoms with Crippen LogP contribution in [0.3, 0.4) is 0 Å². The molecule has 0 radical (unpaired) electrons. The number of non-ortho nitro benzene ring substituents is 1. The van der Waals surface area contributed by atoms with Crippen molar-refractivity contribution in [1.29, 1.82) is 0 Å². The summed E-state index contributed by atoms with van der Waals surface area (Å²) < 4.78 is 0. The molecule has 2 aromatic rings. The van der Waals surface area contributed by atoms with E-state index in [4.69, 9.17) is 0 Å². The zero-order valence-electron chi connectivity index (χ0n) is 11.1. The number of aromatic nitrogens is 1. The number of anilines is 1. The summed E-state index contributed by atoms with van der Waals surface area (Å²) in [7, 11) is 0. The number of rotatable bonds is 3. The third kappa shape index (κ3) is 2.97. The van der Waals surface area contributed by atoms with Gasteiger partial charge in [0.2, 0.25) is 0 Å². The molecule has 102 valence electrons. The summed E-state index contributed by atoms with van der Waals surface area (Å²) in [4.78, 5) is 26.4. The van der Waals surface area contributed by atoms with E-state index in [1.807, 2.05) is 0 Å². The third-order valence-corrected chi connectivity index (χ3v) is 2.80. The Hall–Kier alpha value is -2.76. The maximum absolute atomic E-state index is 12.1. The predicted octanol–water partition coefficient (Wildman–Crippen LogP) is 2.86. The molecule has 6 heteroatoms. The van der Waals surface area contributed by atoms with Crippen molar-refractivity contribution >= 4 is 17.3 Å². The number of hydrogen-bond donors (Lipinski definition) is 1.